The molecule has 0 amide bonds. The van der Waals surface area contributed by atoms with Crippen molar-refractivity contribution in [3.05, 3.63) is 140 Å². The van der Waals surface area contributed by atoms with Crippen molar-refractivity contribution in [3.8, 4) is 23.0 Å². The number of Topliss-reactive ketones (excluding diaryl/α,β-unsaturated/α-hetero) is 2. The number of ether oxygens (including phenoxy) is 4. The first-order chi connectivity index (χ1) is 37.5. The Labute approximate surface area is 559 Å². The smallest absolute Gasteiger partial charge is 0.744 e. The van der Waals surface area contributed by atoms with Crippen LogP contribution < -0.4 is 174 Å². The van der Waals surface area contributed by atoms with E-state index in [0.29, 0.717) is 0 Å². The number of benzene rings is 4. The third kappa shape index (κ3) is 15.7. The minimum atomic E-state index is -5.40. The summed E-state index contributed by atoms with van der Waals surface area (Å²) in [5.41, 5.74) is 8.14. The van der Waals surface area contributed by atoms with Crippen molar-refractivity contribution in [1.82, 2.24) is 0 Å². The predicted octanol–water partition coefficient (Wildman–Crippen LogP) is -10.3. The molecule has 0 fully saturated rings. The third-order valence-electron chi connectivity index (χ3n) is 11.5. The molecule has 0 spiro atoms. The molecule has 0 heterocycles. The van der Waals surface area contributed by atoms with Gasteiger partial charge in [-0.2, -0.15) is 20.4 Å². The molecule has 33 heteroatoms. The first kappa shape index (κ1) is 69.1. The van der Waals surface area contributed by atoms with Crippen LogP contribution in [0, 0.1) is 0 Å². The van der Waals surface area contributed by atoms with Crippen LogP contribution in [0.2, 0.25) is 0 Å². The molecule has 0 atom stereocenters. The van der Waals surface area contributed by atoms with Crippen LogP contribution in [0.3, 0.4) is 0 Å². The average Bonchev–Trinajstić information content (AvgIpc) is 3.57. The van der Waals surface area contributed by atoms with Crippen LogP contribution in [0.15, 0.2) is 138 Å². The fraction of sp³-hybridized carbons (Fsp3) is 0.0800. The molecule has 4 aliphatic carbocycles. The van der Waals surface area contributed by atoms with Crippen molar-refractivity contribution in [1.29, 1.82) is 0 Å². The van der Waals surface area contributed by atoms with Gasteiger partial charge < -0.3 is 53.2 Å². The van der Waals surface area contributed by atoms with Gasteiger partial charge in [-0.1, -0.05) is 0 Å². The number of ketones is 4. The fourth-order valence-corrected chi connectivity index (χ4v) is 9.00. The molecule has 83 heavy (non-hydrogen) atoms. The number of hydrogen-bond donors (Lipinski definition) is 5. The molecule has 0 aliphatic heterocycles. The van der Waals surface area contributed by atoms with E-state index in [2.05, 4.69) is 47.4 Å². The molecule has 4 aliphatic rings. The zero-order valence-electron chi connectivity index (χ0n) is 44.8. The van der Waals surface area contributed by atoms with E-state index in [1.165, 1.54) is 101 Å². The van der Waals surface area contributed by atoms with Crippen molar-refractivity contribution in [3.63, 3.8) is 0 Å². The van der Waals surface area contributed by atoms with E-state index in [1.807, 2.05) is 0 Å². The summed E-state index contributed by atoms with van der Waals surface area (Å²) in [7, 11) is -5.69. The fourth-order valence-electron chi connectivity index (χ4n) is 7.71. The minimum Gasteiger partial charge on any atom is -0.744 e. The molecular weight excluding hydrogens is 1170 g/mol. The minimum absolute atomic E-state index is 0. The summed E-state index contributed by atoms with van der Waals surface area (Å²) in [5.74, 6) is -6.74. The Bertz CT molecular complexity index is 3730. The molecule has 0 unspecified atom stereocenters. The Balaban J connectivity index is 0.00000370. The van der Waals surface area contributed by atoms with Gasteiger partial charge in [-0.05, 0) is 96.1 Å². The number of nitrogens with one attached hydrogen (secondary N) is 5. The molecule has 5 N–H and O–H groups in total. The van der Waals surface area contributed by atoms with Gasteiger partial charge >= 0.3 is 118 Å². The normalized spacial score (nSPS) is 16.2. The van der Waals surface area contributed by atoms with Crippen molar-refractivity contribution < 1.29 is 202 Å². The molecular formula is C50H35N9Na4O18S2. The zero-order valence-corrected chi connectivity index (χ0v) is 54.5. The number of aliphatic carboxylic acids is 2. The number of rotatable bonds is 18. The van der Waals surface area contributed by atoms with Crippen LogP contribution in [-0.2, 0) is 39.4 Å². The van der Waals surface area contributed by atoms with Gasteiger partial charge in [-0.15, -0.1) is 0 Å². The molecule has 27 nitrogen and oxygen atoms in total. The first-order valence-electron chi connectivity index (χ1n) is 22.2. The van der Waals surface area contributed by atoms with E-state index in [1.54, 1.807) is 0 Å². The topological polar surface area (TPSA) is 409 Å². The van der Waals surface area contributed by atoms with E-state index in [-0.39, 0.29) is 209 Å². The second-order valence-corrected chi connectivity index (χ2v) is 19.0. The third-order valence-corrected chi connectivity index (χ3v) is 13.2. The summed E-state index contributed by atoms with van der Waals surface area (Å²) >= 11 is 0. The number of allylic oxidation sites excluding steroid dienone is 8. The monoisotopic (exact) mass is 1210 g/mol. The number of anilines is 6. The van der Waals surface area contributed by atoms with E-state index in [0.717, 1.165) is 36.5 Å². The number of fused-ring (bicyclic) bond motifs is 2. The number of carbonyl (C=O) groups is 6. The van der Waals surface area contributed by atoms with Crippen LogP contribution in [-0.4, -0.2) is 112 Å². The van der Waals surface area contributed by atoms with E-state index in [9.17, 15) is 64.9 Å². The average molecular weight is 1210 g/mol. The van der Waals surface area contributed by atoms with E-state index in [4.69, 9.17) is 18.9 Å². The summed E-state index contributed by atoms with van der Waals surface area (Å²) in [4.78, 5) is 72.1. The first-order valence-corrected chi connectivity index (χ1v) is 25.0. The maximum atomic E-state index is 13.9. The van der Waals surface area contributed by atoms with Crippen LogP contribution in [0.25, 0.3) is 12.2 Å². The Morgan fingerprint density at radius 3 is 1.06 bits per heavy atom. The maximum absolute atomic E-state index is 13.9. The largest absolute Gasteiger partial charge is 1.00 e. The zero-order chi connectivity index (χ0) is 57.1. The summed E-state index contributed by atoms with van der Waals surface area (Å²) in [6.07, 6.45) is 8.33. The molecule has 4 aromatic carbocycles. The second-order valence-electron chi connectivity index (χ2n) is 16.3. The summed E-state index contributed by atoms with van der Waals surface area (Å²) < 4.78 is 97.7. The Morgan fingerprint density at radius 1 is 0.458 bits per heavy atom. The Hall–Kier alpha value is -6.36. The Morgan fingerprint density at radius 2 is 0.771 bits per heavy atom. The molecule has 0 aromatic heterocycles. The molecule has 8 rings (SSSR count). The summed E-state index contributed by atoms with van der Waals surface area (Å²) in [5, 5.41) is 41.7. The van der Waals surface area contributed by atoms with Gasteiger partial charge in [0.15, 0.2) is 11.6 Å². The predicted molar refractivity (Wildman–Crippen MR) is 278 cm³/mol. The molecule has 0 bridgehead atoms. The van der Waals surface area contributed by atoms with Gasteiger partial charge in [-0.3, -0.25) is 40.9 Å². The number of hydrogen-bond acceptors (Lipinski definition) is 27. The van der Waals surface area contributed by atoms with Crippen LogP contribution in [0.5, 0.6) is 23.0 Å². The van der Waals surface area contributed by atoms with Gasteiger partial charge in [0.2, 0.25) is 11.6 Å². The quantitative estimate of drug-likeness (QED) is 0.0203. The van der Waals surface area contributed by atoms with Crippen molar-refractivity contribution >= 4 is 124 Å². The van der Waals surface area contributed by atoms with Crippen molar-refractivity contribution in [2.24, 2.45) is 20.4 Å². The van der Waals surface area contributed by atoms with Crippen LogP contribution >= 0.6 is 0 Å². The van der Waals surface area contributed by atoms with Crippen molar-refractivity contribution in [2.45, 2.75) is 0 Å². The summed E-state index contributed by atoms with van der Waals surface area (Å²) in [6, 6.07) is 13.4. The maximum Gasteiger partial charge on any atom is 1.00 e. The molecule has 0 radical (unpaired) electrons. The molecule has 4 aromatic rings. The number of carbonyl (C=O) groups excluding carboxylic acids is 6. The number of carboxylic acids is 2. The van der Waals surface area contributed by atoms with Gasteiger partial charge in [0.25, 0.3) is 0 Å². The van der Waals surface area contributed by atoms with E-state index < -0.39 is 87.7 Å². The van der Waals surface area contributed by atoms with Crippen molar-refractivity contribution in [2.75, 3.05) is 55.5 Å². The Kier molecular flexibility index (Phi) is 24.1. The van der Waals surface area contributed by atoms with Gasteiger partial charge in [0, 0.05) is 57.9 Å². The standard InChI is InChI=1S/C50H39N9O18S2.4Na/c1-74-39-21-35(41(76-3)19-33(39)54-52-27-7-11-37(60)31(17-27)49(64)65)56-58-45-43(78(68,69)70)15-23-13-25(5-9-29(23)47(45)62)51-26-6-10-30-24(14-26)16-44(79(71,72)73)46(48(30)63)59-57-36-22-40(75-2)34(20-42(36)77-4)55-53-28-8-12-38(61)32(18-28)50(66)67;;;;/h5-22,51,54-57H,1-4H3,(H,64,65)(H,66,67)(H,68,69,70)(H,71,72,73);;;;/q;4*+1/p-4/b52-27-,53-28+,58-45+,59-46-;;;;. The van der Waals surface area contributed by atoms with E-state index >= 15 is 0 Å². The number of methoxy groups -OCH3 is 4. The van der Waals surface area contributed by atoms with Gasteiger partial charge in [0.1, 0.15) is 77.4 Å². The molecule has 0 saturated heterocycles. The second kappa shape index (κ2) is 29.0. The number of hydrazone groups is 4. The summed E-state index contributed by atoms with van der Waals surface area (Å²) in [6.45, 7) is 0. The molecule has 404 valence electrons. The van der Waals surface area contributed by atoms with Crippen LogP contribution in [0.1, 0.15) is 31.8 Å². The number of carboxylic acid groups (broad SMARTS) is 2. The van der Waals surface area contributed by atoms with Gasteiger partial charge in [-0.25, -0.2) is 16.8 Å². The number of nitrogens with zero attached hydrogens (tertiary/aromatic N) is 4. The van der Waals surface area contributed by atoms with Crippen LogP contribution in [0.4, 0.5) is 34.1 Å². The SMILES string of the molecule is COc1cc(N/N=C2/C(=O)c3ccc(Nc4ccc5c(c4)C=C(S(=O)(=O)[O-])/C(=N/Nc4cc(OC)c(N/N=C6\C=CC(=O)C(C(=O)[O-])=C6)cc4OC)C5=O)cc3C=C2S(=O)(=O)[O-])c(OC)cc1N/N=C1/C=CC(=O)C(C(=O)[O-])=C1.[Na+].[Na+].[Na+].[Na+]. The van der Waals surface area contributed by atoms with Gasteiger partial charge in [0.05, 0.1) is 61.6 Å². The molecule has 0 saturated carbocycles.